The van der Waals surface area contributed by atoms with Gasteiger partial charge in [-0.05, 0) is 38.8 Å². The summed E-state index contributed by atoms with van der Waals surface area (Å²) in [6, 6.07) is 3.80. The molecule has 0 radical (unpaired) electrons. The minimum Gasteiger partial charge on any atom is -0.370 e. The van der Waals surface area contributed by atoms with Gasteiger partial charge in [0.05, 0.1) is 11.2 Å². The first kappa shape index (κ1) is 15.5. The minimum absolute atomic E-state index is 0.236. The van der Waals surface area contributed by atoms with E-state index in [0.29, 0.717) is 17.4 Å². The van der Waals surface area contributed by atoms with Crippen LogP contribution in [0.5, 0.6) is 0 Å². The third-order valence-corrected chi connectivity index (χ3v) is 3.96. The molecule has 2 aromatic heterocycles. The molecule has 1 aliphatic rings. The molecule has 1 amide bonds. The molecule has 0 unspecified atom stereocenters. The number of nitrogens with zero attached hydrogens (tertiary/aromatic N) is 4. The number of aromatic nitrogens is 3. The number of carbonyl (C=O) groups is 1. The topological polar surface area (TPSA) is 84.2 Å². The average Bonchev–Trinajstić information content (AvgIpc) is 3.18. The lowest BCUT2D eigenvalue weighted by atomic mass is 10.0. The summed E-state index contributed by atoms with van der Waals surface area (Å²) in [5.74, 6) is 0.680. The lowest BCUT2D eigenvalue weighted by Gasteiger charge is -2.24. The van der Waals surface area contributed by atoms with Gasteiger partial charge in [0.15, 0.2) is 11.5 Å². The lowest BCUT2D eigenvalue weighted by Crippen LogP contribution is -2.42. The molecule has 0 bridgehead atoms. The van der Waals surface area contributed by atoms with Crippen LogP contribution in [-0.4, -0.2) is 34.1 Å². The fourth-order valence-corrected chi connectivity index (χ4v) is 2.74. The maximum atomic E-state index is 12.7. The number of aryl methyl sites for hydroxylation is 1. The van der Waals surface area contributed by atoms with E-state index in [9.17, 15) is 4.79 Å². The van der Waals surface area contributed by atoms with E-state index in [0.717, 1.165) is 31.6 Å². The first-order valence-corrected chi connectivity index (χ1v) is 7.80. The van der Waals surface area contributed by atoms with Crippen molar-refractivity contribution in [3.8, 4) is 0 Å². The van der Waals surface area contributed by atoms with Crippen molar-refractivity contribution in [2.24, 2.45) is 0 Å². The van der Waals surface area contributed by atoms with Gasteiger partial charge in [0.1, 0.15) is 0 Å². The molecule has 0 spiro atoms. The highest BCUT2D eigenvalue weighted by atomic mass is 16.5. The second kappa shape index (κ2) is 5.98. The largest absolute Gasteiger partial charge is 0.370 e. The number of nitrogens with one attached hydrogen (secondary N) is 1. The Hall–Kier alpha value is -2.44. The molecule has 2 aromatic rings. The van der Waals surface area contributed by atoms with Crippen molar-refractivity contribution >= 4 is 11.6 Å². The van der Waals surface area contributed by atoms with Gasteiger partial charge in [0.25, 0.3) is 5.91 Å². The van der Waals surface area contributed by atoms with Crippen molar-refractivity contribution in [3.63, 3.8) is 0 Å². The van der Waals surface area contributed by atoms with Crippen molar-refractivity contribution in [1.29, 1.82) is 0 Å². The number of rotatable bonds is 4. The molecule has 0 aliphatic carbocycles. The minimum atomic E-state index is -0.741. The maximum Gasteiger partial charge on any atom is 0.272 e. The standard InChI is InChI=1S/C16H21N5O2/c1-11-18-15(20-23-11)16(2,3)19-14(22)13-12(7-6-8-17-13)21-9-4-5-10-21/h6-8H,4-5,9-10H2,1-3H3,(H,19,22). The molecule has 3 rings (SSSR count). The zero-order valence-electron chi connectivity index (χ0n) is 13.7. The van der Waals surface area contributed by atoms with Crippen LogP contribution in [-0.2, 0) is 5.54 Å². The summed E-state index contributed by atoms with van der Waals surface area (Å²) in [5, 5.41) is 6.86. The Morgan fingerprint density at radius 2 is 2.09 bits per heavy atom. The van der Waals surface area contributed by atoms with Crippen LogP contribution in [0.25, 0.3) is 0 Å². The monoisotopic (exact) mass is 315 g/mol. The molecule has 0 atom stereocenters. The molecular weight excluding hydrogens is 294 g/mol. The lowest BCUT2D eigenvalue weighted by molar-refractivity contribution is 0.0903. The second-order valence-electron chi connectivity index (χ2n) is 6.28. The average molecular weight is 315 g/mol. The van der Waals surface area contributed by atoms with E-state index in [1.807, 2.05) is 26.0 Å². The van der Waals surface area contributed by atoms with E-state index in [-0.39, 0.29) is 5.91 Å². The van der Waals surface area contributed by atoms with Gasteiger partial charge >= 0.3 is 0 Å². The Bertz CT molecular complexity index is 704. The highest BCUT2D eigenvalue weighted by Gasteiger charge is 2.30. The molecule has 1 aliphatic heterocycles. The van der Waals surface area contributed by atoms with Gasteiger partial charge in [0, 0.05) is 26.2 Å². The molecule has 1 fully saturated rings. The van der Waals surface area contributed by atoms with Gasteiger partial charge in [0.2, 0.25) is 5.89 Å². The van der Waals surface area contributed by atoms with Crippen LogP contribution in [0, 0.1) is 6.92 Å². The predicted molar refractivity (Wildman–Crippen MR) is 85.2 cm³/mol. The van der Waals surface area contributed by atoms with Gasteiger partial charge in [-0.3, -0.25) is 4.79 Å². The zero-order valence-corrected chi connectivity index (χ0v) is 13.7. The van der Waals surface area contributed by atoms with Crippen molar-refractivity contribution in [2.45, 2.75) is 39.2 Å². The summed E-state index contributed by atoms with van der Waals surface area (Å²) in [4.78, 5) is 23.4. The van der Waals surface area contributed by atoms with E-state index in [1.54, 1.807) is 13.1 Å². The van der Waals surface area contributed by atoms with E-state index < -0.39 is 5.54 Å². The van der Waals surface area contributed by atoms with Crippen molar-refractivity contribution < 1.29 is 9.32 Å². The van der Waals surface area contributed by atoms with E-state index in [1.165, 1.54) is 0 Å². The predicted octanol–water partition coefficient (Wildman–Crippen LogP) is 2.04. The summed E-state index contributed by atoms with van der Waals surface area (Å²) in [7, 11) is 0. The number of hydrogen-bond donors (Lipinski definition) is 1. The van der Waals surface area contributed by atoms with Crippen LogP contribution in [0.2, 0.25) is 0 Å². The van der Waals surface area contributed by atoms with Crippen LogP contribution < -0.4 is 10.2 Å². The molecule has 7 heteroatoms. The third kappa shape index (κ3) is 3.18. The number of amides is 1. The summed E-state index contributed by atoms with van der Waals surface area (Å²) < 4.78 is 5.01. The summed E-state index contributed by atoms with van der Waals surface area (Å²) >= 11 is 0. The van der Waals surface area contributed by atoms with Crippen LogP contribution in [0.1, 0.15) is 48.9 Å². The van der Waals surface area contributed by atoms with E-state index in [4.69, 9.17) is 4.52 Å². The normalized spacial score (nSPS) is 15.0. The summed E-state index contributed by atoms with van der Waals surface area (Å²) in [6.07, 6.45) is 3.92. The van der Waals surface area contributed by atoms with Crippen LogP contribution in [0.15, 0.2) is 22.9 Å². The summed E-state index contributed by atoms with van der Waals surface area (Å²) in [5.41, 5.74) is 0.569. The Morgan fingerprint density at radius 1 is 1.35 bits per heavy atom. The third-order valence-electron chi connectivity index (χ3n) is 3.96. The van der Waals surface area contributed by atoms with E-state index in [2.05, 4.69) is 25.3 Å². The second-order valence-corrected chi connectivity index (χ2v) is 6.28. The van der Waals surface area contributed by atoms with Crippen molar-refractivity contribution in [1.82, 2.24) is 20.4 Å². The fourth-order valence-electron chi connectivity index (χ4n) is 2.74. The van der Waals surface area contributed by atoms with Gasteiger partial charge in [-0.15, -0.1) is 0 Å². The molecule has 3 heterocycles. The Balaban J connectivity index is 1.83. The molecule has 0 saturated carbocycles. The SMILES string of the molecule is Cc1nc(C(C)(C)NC(=O)c2ncccc2N2CCCC2)no1. The number of anilines is 1. The highest BCUT2D eigenvalue weighted by Crippen LogP contribution is 2.24. The molecule has 1 saturated heterocycles. The number of carbonyl (C=O) groups excluding carboxylic acids is 1. The molecule has 23 heavy (non-hydrogen) atoms. The van der Waals surface area contributed by atoms with Crippen LogP contribution in [0.3, 0.4) is 0 Å². The van der Waals surface area contributed by atoms with E-state index >= 15 is 0 Å². The quantitative estimate of drug-likeness (QED) is 0.929. The smallest absolute Gasteiger partial charge is 0.272 e. The molecular formula is C16H21N5O2. The number of hydrogen-bond acceptors (Lipinski definition) is 6. The maximum absolute atomic E-state index is 12.7. The highest BCUT2D eigenvalue weighted by molar-refractivity contribution is 5.98. The Kier molecular flexibility index (Phi) is 4.02. The first-order valence-electron chi connectivity index (χ1n) is 7.80. The molecule has 1 N–H and O–H groups in total. The number of pyridine rings is 1. The Morgan fingerprint density at radius 3 is 2.74 bits per heavy atom. The molecule has 7 nitrogen and oxygen atoms in total. The van der Waals surface area contributed by atoms with Crippen LogP contribution in [0.4, 0.5) is 5.69 Å². The van der Waals surface area contributed by atoms with Crippen molar-refractivity contribution in [2.75, 3.05) is 18.0 Å². The van der Waals surface area contributed by atoms with Gasteiger partial charge in [-0.1, -0.05) is 5.16 Å². The molecule has 122 valence electrons. The Labute approximate surface area is 135 Å². The van der Waals surface area contributed by atoms with Crippen molar-refractivity contribution in [3.05, 3.63) is 35.7 Å². The fraction of sp³-hybridized carbons (Fsp3) is 0.500. The van der Waals surface area contributed by atoms with Crippen LogP contribution >= 0.6 is 0 Å². The molecule has 0 aromatic carbocycles. The van der Waals surface area contributed by atoms with Gasteiger partial charge in [-0.2, -0.15) is 4.98 Å². The first-order chi connectivity index (χ1) is 11.0. The zero-order chi connectivity index (χ0) is 16.4. The van der Waals surface area contributed by atoms with Gasteiger partial charge < -0.3 is 14.7 Å². The summed E-state index contributed by atoms with van der Waals surface area (Å²) in [6.45, 7) is 7.32. The van der Waals surface area contributed by atoms with Gasteiger partial charge in [-0.25, -0.2) is 4.98 Å².